The van der Waals surface area contributed by atoms with Crippen molar-refractivity contribution in [1.82, 2.24) is 14.8 Å². The fraction of sp³-hybridized carbons (Fsp3) is 0.375. The Balaban J connectivity index is 2.11. The van der Waals surface area contributed by atoms with Crippen LogP contribution in [0.5, 0.6) is 0 Å². The Bertz CT molecular complexity index is 985. The van der Waals surface area contributed by atoms with E-state index in [2.05, 4.69) is 5.32 Å². The molecule has 0 radical (unpaired) electrons. The second kappa shape index (κ2) is 10.6. The summed E-state index contributed by atoms with van der Waals surface area (Å²) < 4.78 is 7.23. The van der Waals surface area contributed by atoms with Gasteiger partial charge in [-0.2, -0.15) is 0 Å². The molecule has 7 heteroatoms. The largest absolute Gasteiger partial charge is 0.462 e. The van der Waals surface area contributed by atoms with Gasteiger partial charge >= 0.3 is 5.97 Å². The number of nitrogens with one attached hydrogen (secondary N) is 1. The number of amides is 2. The fourth-order valence-corrected chi connectivity index (χ4v) is 3.48. The number of rotatable bonds is 8. The summed E-state index contributed by atoms with van der Waals surface area (Å²) in [6, 6.07) is 7.11. The maximum absolute atomic E-state index is 12.4. The molecule has 166 valence electrons. The fourth-order valence-electron chi connectivity index (χ4n) is 3.48. The number of aromatic nitrogens is 1. The molecule has 0 unspecified atom stereocenters. The first-order chi connectivity index (χ1) is 14.7. The highest BCUT2D eigenvalue weighted by molar-refractivity contribution is 5.99. The van der Waals surface area contributed by atoms with Crippen molar-refractivity contribution in [2.45, 2.75) is 40.8 Å². The molecule has 0 aliphatic carbocycles. The van der Waals surface area contributed by atoms with E-state index < -0.39 is 0 Å². The summed E-state index contributed by atoms with van der Waals surface area (Å²) in [5, 5.41) is 2.83. The second-order valence-corrected chi connectivity index (χ2v) is 7.37. The molecule has 2 amide bonds. The van der Waals surface area contributed by atoms with Crippen LogP contribution in [0.2, 0.25) is 0 Å². The quantitative estimate of drug-likeness (QED) is 0.520. The van der Waals surface area contributed by atoms with E-state index in [0.717, 1.165) is 23.5 Å². The molecule has 0 fully saturated rings. The van der Waals surface area contributed by atoms with Gasteiger partial charge in [0.05, 0.1) is 12.2 Å². The average molecular weight is 426 g/mol. The standard InChI is InChI=1S/C24H31N3O4/c1-7-27-16(3)20(22(17(27)4)24(30)31-8-2)13-14-21(28)25-15-18-9-11-19(12-10-18)23(29)26(5)6/h9-14H,7-8,15H2,1-6H3,(H,25,28)/b14-13+. The molecule has 2 aromatic rings. The van der Waals surface area contributed by atoms with Crippen molar-refractivity contribution in [3.8, 4) is 0 Å². The Labute approximate surface area is 183 Å². The third-order valence-electron chi connectivity index (χ3n) is 5.10. The maximum Gasteiger partial charge on any atom is 0.340 e. The average Bonchev–Trinajstić information content (AvgIpc) is 2.99. The van der Waals surface area contributed by atoms with Gasteiger partial charge in [-0.15, -0.1) is 0 Å². The van der Waals surface area contributed by atoms with Gasteiger partial charge in [-0.05, 0) is 51.5 Å². The van der Waals surface area contributed by atoms with Crippen molar-refractivity contribution < 1.29 is 19.1 Å². The van der Waals surface area contributed by atoms with Crippen LogP contribution in [0.4, 0.5) is 0 Å². The highest BCUT2D eigenvalue weighted by atomic mass is 16.5. The van der Waals surface area contributed by atoms with Gasteiger partial charge in [0, 0.05) is 55.8 Å². The summed E-state index contributed by atoms with van der Waals surface area (Å²) >= 11 is 0. The zero-order valence-corrected chi connectivity index (χ0v) is 19.1. The van der Waals surface area contributed by atoms with Gasteiger partial charge in [-0.3, -0.25) is 9.59 Å². The molecule has 1 aromatic carbocycles. The first kappa shape index (κ1) is 23.9. The van der Waals surface area contributed by atoms with Crippen molar-refractivity contribution in [3.05, 3.63) is 64.0 Å². The van der Waals surface area contributed by atoms with E-state index in [0.29, 0.717) is 23.2 Å². The number of hydrogen-bond acceptors (Lipinski definition) is 4. The van der Waals surface area contributed by atoms with Crippen molar-refractivity contribution in [2.24, 2.45) is 0 Å². The van der Waals surface area contributed by atoms with Crippen molar-refractivity contribution in [2.75, 3.05) is 20.7 Å². The van der Waals surface area contributed by atoms with E-state index in [1.54, 1.807) is 39.2 Å². The second-order valence-electron chi connectivity index (χ2n) is 7.37. The van der Waals surface area contributed by atoms with Crippen LogP contribution in [0, 0.1) is 13.8 Å². The van der Waals surface area contributed by atoms with Crippen molar-refractivity contribution >= 4 is 23.9 Å². The molecule has 2 rings (SSSR count). The van der Waals surface area contributed by atoms with E-state index in [1.165, 1.54) is 11.0 Å². The molecule has 1 aromatic heterocycles. The van der Waals surface area contributed by atoms with E-state index in [-0.39, 0.29) is 24.4 Å². The molecule has 7 nitrogen and oxygen atoms in total. The van der Waals surface area contributed by atoms with Crippen molar-refractivity contribution in [3.63, 3.8) is 0 Å². The van der Waals surface area contributed by atoms with Crippen LogP contribution in [0.15, 0.2) is 30.3 Å². The Kier molecular flexibility index (Phi) is 8.19. The molecule has 1 heterocycles. The molecule has 0 atom stereocenters. The smallest absolute Gasteiger partial charge is 0.340 e. The molecule has 0 aliphatic rings. The summed E-state index contributed by atoms with van der Waals surface area (Å²) in [5.74, 6) is -0.729. The number of carbonyl (C=O) groups excluding carboxylic acids is 3. The number of benzene rings is 1. The number of esters is 1. The molecule has 0 aliphatic heterocycles. The highest BCUT2D eigenvalue weighted by Gasteiger charge is 2.22. The van der Waals surface area contributed by atoms with Crippen LogP contribution in [-0.4, -0.2) is 48.0 Å². The minimum absolute atomic E-state index is 0.0689. The zero-order chi connectivity index (χ0) is 23.1. The van der Waals surface area contributed by atoms with Gasteiger partial charge in [-0.25, -0.2) is 4.79 Å². The summed E-state index contributed by atoms with van der Waals surface area (Å²) in [4.78, 5) is 38.3. The van der Waals surface area contributed by atoms with Gasteiger partial charge in [-0.1, -0.05) is 12.1 Å². The van der Waals surface area contributed by atoms with Crippen LogP contribution in [0.3, 0.4) is 0 Å². The molecular formula is C24H31N3O4. The predicted octanol–water partition coefficient (Wildman–Crippen LogP) is 3.33. The zero-order valence-electron chi connectivity index (χ0n) is 19.1. The van der Waals surface area contributed by atoms with Gasteiger partial charge < -0.3 is 19.5 Å². The number of nitrogens with zero attached hydrogens (tertiary/aromatic N) is 2. The number of ether oxygens (including phenoxy) is 1. The molecular weight excluding hydrogens is 394 g/mol. The SMILES string of the molecule is CCOC(=O)c1c(/C=C/C(=O)NCc2ccc(C(=O)N(C)C)cc2)c(C)n(CC)c1C. The Morgan fingerprint density at radius 2 is 1.71 bits per heavy atom. The van der Waals surface area contributed by atoms with E-state index >= 15 is 0 Å². The first-order valence-electron chi connectivity index (χ1n) is 10.3. The van der Waals surface area contributed by atoms with Crippen LogP contribution in [-0.2, 0) is 22.6 Å². The van der Waals surface area contributed by atoms with Crippen LogP contribution < -0.4 is 5.32 Å². The third kappa shape index (κ3) is 5.63. The van der Waals surface area contributed by atoms with E-state index in [9.17, 15) is 14.4 Å². The van der Waals surface area contributed by atoms with Gasteiger partial charge in [0.15, 0.2) is 0 Å². The lowest BCUT2D eigenvalue weighted by molar-refractivity contribution is -0.116. The van der Waals surface area contributed by atoms with E-state index in [1.807, 2.05) is 37.5 Å². The first-order valence-corrected chi connectivity index (χ1v) is 10.3. The Hall–Kier alpha value is -3.35. The molecule has 0 bridgehead atoms. The molecule has 0 saturated heterocycles. The molecule has 0 spiro atoms. The molecule has 1 N–H and O–H groups in total. The van der Waals surface area contributed by atoms with Crippen LogP contribution >= 0.6 is 0 Å². The van der Waals surface area contributed by atoms with E-state index in [4.69, 9.17) is 4.74 Å². The van der Waals surface area contributed by atoms with Crippen molar-refractivity contribution in [1.29, 1.82) is 0 Å². The minimum Gasteiger partial charge on any atom is -0.462 e. The normalized spacial score (nSPS) is 10.9. The lowest BCUT2D eigenvalue weighted by Gasteiger charge is -2.10. The van der Waals surface area contributed by atoms with Gasteiger partial charge in [0.1, 0.15) is 0 Å². The minimum atomic E-state index is -0.386. The summed E-state index contributed by atoms with van der Waals surface area (Å²) in [6.45, 7) is 8.92. The summed E-state index contributed by atoms with van der Waals surface area (Å²) in [6.07, 6.45) is 3.09. The lowest BCUT2D eigenvalue weighted by atomic mass is 10.1. The number of hydrogen-bond donors (Lipinski definition) is 1. The van der Waals surface area contributed by atoms with Gasteiger partial charge in [0.25, 0.3) is 5.91 Å². The topological polar surface area (TPSA) is 80.6 Å². The Morgan fingerprint density at radius 1 is 1.06 bits per heavy atom. The van der Waals surface area contributed by atoms with Crippen LogP contribution in [0.25, 0.3) is 6.08 Å². The van der Waals surface area contributed by atoms with Crippen LogP contribution in [0.1, 0.15) is 57.1 Å². The maximum atomic E-state index is 12.4. The summed E-state index contributed by atoms with van der Waals surface area (Å²) in [7, 11) is 3.40. The third-order valence-corrected chi connectivity index (χ3v) is 5.10. The number of carbonyl (C=O) groups is 3. The Morgan fingerprint density at radius 3 is 2.26 bits per heavy atom. The van der Waals surface area contributed by atoms with Gasteiger partial charge in [0.2, 0.25) is 5.91 Å². The monoisotopic (exact) mass is 425 g/mol. The molecule has 0 saturated carbocycles. The predicted molar refractivity (Wildman–Crippen MR) is 121 cm³/mol. The summed E-state index contributed by atoms with van der Waals surface area (Å²) in [5.41, 5.74) is 4.40. The highest BCUT2D eigenvalue weighted by Crippen LogP contribution is 2.25. The lowest BCUT2D eigenvalue weighted by Crippen LogP contribution is -2.22. The molecule has 31 heavy (non-hydrogen) atoms.